The molecule has 0 spiro atoms. The normalized spacial score (nSPS) is 10.8. The predicted molar refractivity (Wildman–Crippen MR) is 97.7 cm³/mol. The van der Waals surface area contributed by atoms with Gasteiger partial charge in [-0.05, 0) is 26.0 Å². The molecule has 2 aromatic heterocycles. The maximum Gasteiger partial charge on any atom is 0.205 e. The molecule has 0 aliphatic rings. The Morgan fingerprint density at radius 3 is 2.76 bits per heavy atom. The fourth-order valence-electron chi connectivity index (χ4n) is 2.44. The first kappa shape index (κ1) is 17.3. The van der Waals surface area contributed by atoms with E-state index in [1.807, 2.05) is 48.8 Å². The third-order valence-corrected chi connectivity index (χ3v) is 4.73. The molecule has 3 rings (SSSR count). The van der Waals surface area contributed by atoms with Gasteiger partial charge < -0.3 is 9.15 Å². The number of para-hydroxylation sites is 1. The Bertz CT molecular complexity index is 866. The molecule has 0 radical (unpaired) electrons. The molecule has 0 saturated heterocycles. The molecule has 0 unspecified atom stereocenters. The van der Waals surface area contributed by atoms with Gasteiger partial charge in [0, 0.05) is 6.54 Å². The standard InChI is InChI=1S/C18H20N4O2S/c1-5-10-22-17(14-8-6-7-9-15(14)23-4)20-21-18(22)25-11-16-19-12(2)13(3)24-16/h5-9H,1,10-11H2,2-4H3. The number of hydrogen-bond donors (Lipinski definition) is 0. The summed E-state index contributed by atoms with van der Waals surface area (Å²) in [5.41, 5.74) is 1.81. The van der Waals surface area contributed by atoms with Crippen molar-refractivity contribution in [2.45, 2.75) is 31.3 Å². The Hall–Kier alpha value is -2.54. The Labute approximate surface area is 150 Å². The third-order valence-electron chi connectivity index (χ3n) is 3.77. The number of allylic oxidation sites excluding steroid dienone is 1. The van der Waals surface area contributed by atoms with Gasteiger partial charge in [-0.2, -0.15) is 0 Å². The summed E-state index contributed by atoms with van der Waals surface area (Å²) in [4.78, 5) is 4.41. The van der Waals surface area contributed by atoms with E-state index >= 15 is 0 Å². The molecule has 130 valence electrons. The molecular formula is C18H20N4O2S. The Morgan fingerprint density at radius 1 is 1.28 bits per heavy atom. The van der Waals surface area contributed by atoms with Crippen LogP contribution in [0.2, 0.25) is 0 Å². The van der Waals surface area contributed by atoms with Crippen LogP contribution in [-0.4, -0.2) is 26.9 Å². The highest BCUT2D eigenvalue weighted by Crippen LogP contribution is 2.31. The minimum absolute atomic E-state index is 0.593. The summed E-state index contributed by atoms with van der Waals surface area (Å²) in [5.74, 6) is 3.63. The number of benzene rings is 1. The monoisotopic (exact) mass is 356 g/mol. The van der Waals surface area contributed by atoms with Gasteiger partial charge in [0.15, 0.2) is 11.0 Å². The zero-order chi connectivity index (χ0) is 17.8. The molecule has 0 saturated carbocycles. The van der Waals surface area contributed by atoms with Crippen LogP contribution in [0.3, 0.4) is 0 Å². The number of thioether (sulfide) groups is 1. The fourth-order valence-corrected chi connectivity index (χ4v) is 3.24. The van der Waals surface area contributed by atoms with Crippen LogP contribution in [0.25, 0.3) is 11.4 Å². The summed E-state index contributed by atoms with van der Waals surface area (Å²) in [7, 11) is 1.65. The Balaban J connectivity index is 1.90. The van der Waals surface area contributed by atoms with Gasteiger partial charge in [0.25, 0.3) is 0 Å². The van der Waals surface area contributed by atoms with Crippen LogP contribution in [0.4, 0.5) is 0 Å². The van der Waals surface area contributed by atoms with E-state index in [1.165, 1.54) is 11.8 Å². The van der Waals surface area contributed by atoms with E-state index in [9.17, 15) is 0 Å². The van der Waals surface area contributed by atoms with E-state index in [-0.39, 0.29) is 0 Å². The van der Waals surface area contributed by atoms with Crippen LogP contribution in [0.15, 0.2) is 46.5 Å². The van der Waals surface area contributed by atoms with Crippen molar-refractivity contribution in [3.8, 4) is 17.1 Å². The molecule has 0 aliphatic heterocycles. The van der Waals surface area contributed by atoms with Crippen LogP contribution in [0.1, 0.15) is 17.3 Å². The second-order valence-electron chi connectivity index (χ2n) is 5.44. The average Bonchev–Trinajstić information content (AvgIpc) is 3.16. The van der Waals surface area contributed by atoms with Crippen molar-refractivity contribution in [2.75, 3.05) is 7.11 Å². The number of rotatable bonds is 7. The molecule has 0 amide bonds. The molecule has 6 nitrogen and oxygen atoms in total. The summed E-state index contributed by atoms with van der Waals surface area (Å²) >= 11 is 1.54. The van der Waals surface area contributed by atoms with Gasteiger partial charge in [-0.25, -0.2) is 4.98 Å². The third kappa shape index (κ3) is 3.61. The summed E-state index contributed by atoms with van der Waals surface area (Å²) in [6.07, 6.45) is 1.83. The second kappa shape index (κ2) is 7.57. The van der Waals surface area contributed by atoms with Crippen molar-refractivity contribution in [3.63, 3.8) is 0 Å². The minimum Gasteiger partial charge on any atom is -0.496 e. The first-order valence-corrected chi connectivity index (χ1v) is 8.85. The van der Waals surface area contributed by atoms with Gasteiger partial charge in [-0.1, -0.05) is 30.0 Å². The number of aryl methyl sites for hydroxylation is 2. The zero-order valence-electron chi connectivity index (χ0n) is 14.5. The highest BCUT2D eigenvalue weighted by molar-refractivity contribution is 7.98. The van der Waals surface area contributed by atoms with Crippen molar-refractivity contribution in [1.82, 2.24) is 19.7 Å². The lowest BCUT2D eigenvalue weighted by Gasteiger charge is -2.10. The lowest BCUT2D eigenvalue weighted by molar-refractivity contribution is 0.416. The summed E-state index contributed by atoms with van der Waals surface area (Å²) in [6, 6.07) is 7.76. The lowest BCUT2D eigenvalue weighted by Crippen LogP contribution is -2.01. The van der Waals surface area contributed by atoms with Gasteiger partial charge in [-0.15, -0.1) is 16.8 Å². The maximum absolute atomic E-state index is 5.63. The molecule has 0 atom stereocenters. The summed E-state index contributed by atoms with van der Waals surface area (Å²) < 4.78 is 13.1. The quantitative estimate of drug-likeness (QED) is 0.470. The van der Waals surface area contributed by atoms with Crippen molar-refractivity contribution < 1.29 is 9.15 Å². The molecule has 7 heteroatoms. The number of ether oxygens (including phenoxy) is 1. The minimum atomic E-state index is 0.593. The zero-order valence-corrected chi connectivity index (χ0v) is 15.3. The maximum atomic E-state index is 5.63. The van der Waals surface area contributed by atoms with E-state index < -0.39 is 0 Å². The number of methoxy groups -OCH3 is 1. The van der Waals surface area contributed by atoms with Crippen LogP contribution in [-0.2, 0) is 12.3 Å². The van der Waals surface area contributed by atoms with Crippen LogP contribution < -0.4 is 4.74 Å². The molecular weight excluding hydrogens is 336 g/mol. The number of aromatic nitrogens is 4. The molecule has 0 fully saturated rings. The molecule has 0 N–H and O–H groups in total. The van der Waals surface area contributed by atoms with Crippen LogP contribution in [0, 0.1) is 13.8 Å². The average molecular weight is 356 g/mol. The van der Waals surface area contributed by atoms with Gasteiger partial charge in [0.2, 0.25) is 5.89 Å². The predicted octanol–water partition coefficient (Wildman–Crippen LogP) is 4.04. The molecule has 25 heavy (non-hydrogen) atoms. The van der Waals surface area contributed by atoms with Crippen molar-refractivity contribution in [1.29, 1.82) is 0 Å². The lowest BCUT2D eigenvalue weighted by atomic mass is 10.2. The Kier molecular flexibility index (Phi) is 5.23. The van der Waals surface area contributed by atoms with Crippen molar-refractivity contribution in [2.24, 2.45) is 0 Å². The van der Waals surface area contributed by atoms with Crippen molar-refractivity contribution >= 4 is 11.8 Å². The van der Waals surface area contributed by atoms with E-state index in [4.69, 9.17) is 9.15 Å². The van der Waals surface area contributed by atoms with Crippen LogP contribution >= 0.6 is 11.8 Å². The summed E-state index contributed by atoms with van der Waals surface area (Å²) in [6.45, 7) is 8.29. The van der Waals surface area contributed by atoms with Gasteiger partial charge in [-0.3, -0.25) is 4.57 Å². The second-order valence-corrected chi connectivity index (χ2v) is 6.39. The van der Waals surface area contributed by atoms with Gasteiger partial charge in [0.05, 0.1) is 24.1 Å². The Morgan fingerprint density at radius 2 is 2.08 bits per heavy atom. The number of nitrogens with zero attached hydrogens (tertiary/aromatic N) is 4. The molecule has 0 bridgehead atoms. The first-order chi connectivity index (χ1) is 12.1. The highest BCUT2D eigenvalue weighted by Gasteiger charge is 2.17. The highest BCUT2D eigenvalue weighted by atomic mass is 32.2. The molecule has 1 aromatic carbocycles. The van der Waals surface area contributed by atoms with Crippen molar-refractivity contribution in [3.05, 3.63) is 54.3 Å². The van der Waals surface area contributed by atoms with E-state index in [0.717, 1.165) is 33.7 Å². The van der Waals surface area contributed by atoms with E-state index in [1.54, 1.807) is 7.11 Å². The topological polar surface area (TPSA) is 66.0 Å². The largest absolute Gasteiger partial charge is 0.496 e. The fraction of sp³-hybridized carbons (Fsp3) is 0.278. The van der Waals surface area contributed by atoms with Gasteiger partial charge >= 0.3 is 0 Å². The molecule has 0 aliphatic carbocycles. The summed E-state index contributed by atoms with van der Waals surface area (Å²) in [5, 5.41) is 9.48. The number of hydrogen-bond acceptors (Lipinski definition) is 6. The first-order valence-electron chi connectivity index (χ1n) is 7.87. The molecule has 3 aromatic rings. The van der Waals surface area contributed by atoms with E-state index in [0.29, 0.717) is 18.2 Å². The molecule has 2 heterocycles. The van der Waals surface area contributed by atoms with E-state index in [2.05, 4.69) is 21.8 Å². The SMILES string of the molecule is C=CCn1c(SCc2nc(C)c(C)o2)nnc1-c1ccccc1OC. The van der Waals surface area contributed by atoms with Crippen LogP contribution in [0.5, 0.6) is 5.75 Å². The smallest absolute Gasteiger partial charge is 0.205 e. The number of oxazole rings is 1. The van der Waals surface area contributed by atoms with Gasteiger partial charge in [0.1, 0.15) is 11.5 Å².